The molecule has 7 heteroatoms. The van der Waals surface area contributed by atoms with E-state index in [4.69, 9.17) is 10.5 Å². The molecule has 0 radical (unpaired) electrons. The zero-order valence-electron chi connectivity index (χ0n) is 10.9. The quantitative estimate of drug-likeness (QED) is 0.733. The second-order valence-corrected chi connectivity index (χ2v) is 4.54. The van der Waals surface area contributed by atoms with Crippen molar-refractivity contribution < 1.29 is 14.3 Å². The van der Waals surface area contributed by atoms with E-state index in [0.29, 0.717) is 18.3 Å². The van der Waals surface area contributed by atoms with Crippen LogP contribution in [0.2, 0.25) is 0 Å². The molecule has 0 unspecified atom stereocenters. The summed E-state index contributed by atoms with van der Waals surface area (Å²) in [7, 11) is 0. The van der Waals surface area contributed by atoms with Gasteiger partial charge in [0.15, 0.2) is 6.61 Å². The molecule has 104 valence electrons. The molecule has 1 aliphatic carbocycles. The third-order valence-corrected chi connectivity index (χ3v) is 2.95. The first kappa shape index (κ1) is 13.4. The van der Waals surface area contributed by atoms with E-state index in [0.717, 1.165) is 12.8 Å². The summed E-state index contributed by atoms with van der Waals surface area (Å²) in [6, 6.07) is 0.335. The zero-order valence-corrected chi connectivity index (χ0v) is 10.9. The number of anilines is 1. The molecule has 0 bridgehead atoms. The summed E-state index contributed by atoms with van der Waals surface area (Å²) in [5, 5.41) is 3.87. The van der Waals surface area contributed by atoms with Gasteiger partial charge in [0.1, 0.15) is 6.54 Å². The van der Waals surface area contributed by atoms with E-state index in [1.165, 1.54) is 17.1 Å². The van der Waals surface area contributed by atoms with Crippen LogP contribution >= 0.6 is 0 Å². The normalized spacial score (nSPS) is 14.2. The SMILES string of the molecule is CCN(C(=O)COC(=O)Cn1cc(N)cn1)C1CC1. The number of ether oxygens (including phenoxy) is 1. The molecule has 1 fully saturated rings. The summed E-state index contributed by atoms with van der Waals surface area (Å²) >= 11 is 0. The summed E-state index contributed by atoms with van der Waals surface area (Å²) in [5.41, 5.74) is 5.96. The Balaban J connectivity index is 1.75. The number of nitrogens with two attached hydrogens (primary N) is 1. The average molecular weight is 266 g/mol. The summed E-state index contributed by atoms with van der Waals surface area (Å²) in [6.07, 6.45) is 5.07. The van der Waals surface area contributed by atoms with Crippen molar-refractivity contribution >= 4 is 17.6 Å². The first-order valence-electron chi connectivity index (χ1n) is 6.33. The number of likely N-dealkylation sites (N-methyl/N-ethyl adjacent to an activating group) is 1. The van der Waals surface area contributed by atoms with Crippen LogP contribution in [-0.4, -0.2) is 45.8 Å². The molecule has 0 aromatic carbocycles. The molecular weight excluding hydrogens is 248 g/mol. The van der Waals surface area contributed by atoms with Gasteiger partial charge in [-0.2, -0.15) is 5.10 Å². The molecule has 7 nitrogen and oxygen atoms in total. The van der Waals surface area contributed by atoms with Crippen molar-refractivity contribution in [2.24, 2.45) is 0 Å². The molecule has 1 aliphatic rings. The Hall–Kier alpha value is -2.05. The fraction of sp³-hybridized carbons (Fsp3) is 0.583. The van der Waals surface area contributed by atoms with Gasteiger partial charge in [0.2, 0.25) is 0 Å². The van der Waals surface area contributed by atoms with Gasteiger partial charge >= 0.3 is 5.97 Å². The van der Waals surface area contributed by atoms with Gasteiger partial charge in [-0.15, -0.1) is 0 Å². The summed E-state index contributed by atoms with van der Waals surface area (Å²) in [5.74, 6) is -0.637. The molecule has 1 amide bonds. The van der Waals surface area contributed by atoms with Crippen LogP contribution in [0.15, 0.2) is 12.4 Å². The molecular formula is C12H18N4O3. The Bertz CT molecular complexity index is 467. The minimum absolute atomic E-state index is 0.0416. The van der Waals surface area contributed by atoms with E-state index >= 15 is 0 Å². The van der Waals surface area contributed by atoms with E-state index < -0.39 is 5.97 Å². The van der Waals surface area contributed by atoms with Crippen molar-refractivity contribution in [3.05, 3.63) is 12.4 Å². The molecule has 1 heterocycles. The molecule has 0 saturated heterocycles. The van der Waals surface area contributed by atoms with Crippen molar-refractivity contribution in [2.75, 3.05) is 18.9 Å². The highest BCUT2D eigenvalue weighted by Crippen LogP contribution is 2.26. The first-order valence-corrected chi connectivity index (χ1v) is 6.33. The Morgan fingerprint density at radius 3 is 2.84 bits per heavy atom. The lowest BCUT2D eigenvalue weighted by Crippen LogP contribution is -2.36. The summed E-state index contributed by atoms with van der Waals surface area (Å²) in [6.45, 7) is 2.32. The Kier molecular flexibility index (Phi) is 4.03. The Labute approximate surface area is 111 Å². The summed E-state index contributed by atoms with van der Waals surface area (Å²) in [4.78, 5) is 25.1. The number of hydrogen-bond donors (Lipinski definition) is 1. The van der Waals surface area contributed by atoms with Gasteiger partial charge in [0.25, 0.3) is 5.91 Å². The highest BCUT2D eigenvalue weighted by atomic mass is 16.5. The standard InChI is InChI=1S/C12H18N4O3/c1-2-16(10-3-4-10)11(17)8-19-12(18)7-15-6-9(13)5-14-15/h5-6,10H,2-4,7-8,13H2,1H3. The smallest absolute Gasteiger partial charge is 0.328 e. The molecule has 19 heavy (non-hydrogen) atoms. The lowest BCUT2D eigenvalue weighted by molar-refractivity contribution is -0.152. The predicted octanol–water partition coefficient (Wildman–Crippen LogP) is 0.0194. The van der Waals surface area contributed by atoms with Gasteiger partial charge < -0.3 is 15.4 Å². The lowest BCUT2D eigenvalue weighted by Gasteiger charge is -2.19. The molecule has 1 aromatic heterocycles. The average Bonchev–Trinajstić information content (AvgIpc) is 3.12. The maximum absolute atomic E-state index is 11.8. The number of amides is 1. The number of rotatable bonds is 6. The van der Waals surface area contributed by atoms with E-state index in [2.05, 4.69) is 5.10 Å². The van der Waals surface area contributed by atoms with Crippen molar-refractivity contribution in [3.63, 3.8) is 0 Å². The first-order chi connectivity index (χ1) is 9.10. The molecule has 1 saturated carbocycles. The molecule has 0 aliphatic heterocycles. The van der Waals surface area contributed by atoms with Crippen molar-refractivity contribution in [2.45, 2.75) is 32.4 Å². The van der Waals surface area contributed by atoms with Crippen LogP contribution in [0.25, 0.3) is 0 Å². The lowest BCUT2D eigenvalue weighted by atomic mass is 10.4. The third kappa shape index (κ3) is 3.70. The highest BCUT2D eigenvalue weighted by Gasteiger charge is 2.31. The second kappa shape index (κ2) is 5.73. The molecule has 2 N–H and O–H groups in total. The van der Waals surface area contributed by atoms with Crippen molar-refractivity contribution in [1.29, 1.82) is 0 Å². The monoisotopic (exact) mass is 266 g/mol. The second-order valence-electron chi connectivity index (χ2n) is 4.54. The van der Waals surface area contributed by atoms with E-state index in [1.54, 1.807) is 4.90 Å². The van der Waals surface area contributed by atoms with Crippen molar-refractivity contribution in [1.82, 2.24) is 14.7 Å². The largest absolute Gasteiger partial charge is 0.454 e. The maximum atomic E-state index is 11.8. The number of carbonyl (C=O) groups is 2. The Morgan fingerprint density at radius 2 is 2.32 bits per heavy atom. The van der Waals surface area contributed by atoms with Gasteiger partial charge in [0.05, 0.1) is 11.9 Å². The number of aromatic nitrogens is 2. The van der Waals surface area contributed by atoms with Crippen LogP contribution in [0.1, 0.15) is 19.8 Å². The van der Waals surface area contributed by atoms with Crippen LogP contribution in [0.4, 0.5) is 5.69 Å². The molecule has 2 rings (SSSR count). The third-order valence-electron chi connectivity index (χ3n) is 2.95. The minimum atomic E-state index is -0.497. The molecule has 0 spiro atoms. The fourth-order valence-electron chi connectivity index (χ4n) is 1.89. The van der Waals surface area contributed by atoms with Gasteiger partial charge in [0, 0.05) is 18.8 Å². The number of nitrogens with zero attached hydrogens (tertiary/aromatic N) is 3. The summed E-state index contributed by atoms with van der Waals surface area (Å²) < 4.78 is 6.32. The van der Waals surface area contributed by atoms with Crippen LogP contribution in [0.5, 0.6) is 0 Å². The number of carbonyl (C=O) groups excluding carboxylic acids is 2. The van der Waals surface area contributed by atoms with Gasteiger partial charge in [-0.05, 0) is 19.8 Å². The minimum Gasteiger partial charge on any atom is -0.454 e. The van der Waals surface area contributed by atoms with E-state index in [9.17, 15) is 9.59 Å². The van der Waals surface area contributed by atoms with E-state index in [1.807, 2.05) is 6.92 Å². The number of esters is 1. The van der Waals surface area contributed by atoms with Gasteiger partial charge in [-0.25, -0.2) is 0 Å². The van der Waals surface area contributed by atoms with Crippen LogP contribution in [0.3, 0.4) is 0 Å². The topological polar surface area (TPSA) is 90.5 Å². The molecule has 0 atom stereocenters. The van der Waals surface area contributed by atoms with Crippen LogP contribution in [0, 0.1) is 0 Å². The van der Waals surface area contributed by atoms with Gasteiger partial charge in [-0.3, -0.25) is 14.3 Å². The number of nitrogen functional groups attached to an aromatic ring is 1. The Morgan fingerprint density at radius 1 is 1.58 bits per heavy atom. The van der Waals surface area contributed by atoms with Crippen LogP contribution < -0.4 is 5.73 Å². The van der Waals surface area contributed by atoms with Gasteiger partial charge in [-0.1, -0.05) is 0 Å². The fourth-order valence-corrected chi connectivity index (χ4v) is 1.89. The zero-order chi connectivity index (χ0) is 13.8. The highest BCUT2D eigenvalue weighted by molar-refractivity contribution is 5.81. The number of hydrogen-bond acceptors (Lipinski definition) is 5. The predicted molar refractivity (Wildman–Crippen MR) is 68.0 cm³/mol. The van der Waals surface area contributed by atoms with Crippen LogP contribution in [-0.2, 0) is 20.9 Å². The molecule has 1 aromatic rings. The van der Waals surface area contributed by atoms with E-state index in [-0.39, 0.29) is 19.1 Å². The van der Waals surface area contributed by atoms with Crippen molar-refractivity contribution in [3.8, 4) is 0 Å². The maximum Gasteiger partial charge on any atom is 0.328 e.